The maximum atomic E-state index is 13.2. The highest BCUT2D eigenvalue weighted by molar-refractivity contribution is 5.76. The minimum absolute atomic E-state index is 0.0164. The van der Waals surface area contributed by atoms with E-state index in [1.807, 2.05) is 0 Å². The maximum absolute atomic E-state index is 13.2. The molecule has 1 aromatic carbocycles. The van der Waals surface area contributed by atoms with Crippen LogP contribution in [0, 0.1) is 11.6 Å². The molecule has 0 aliphatic rings. The summed E-state index contributed by atoms with van der Waals surface area (Å²) < 4.78 is 27.4. The predicted octanol–water partition coefficient (Wildman–Crippen LogP) is 1.17. The van der Waals surface area contributed by atoms with E-state index in [0.717, 1.165) is 12.1 Å². The number of aromatic nitrogens is 4. The Morgan fingerprint density at radius 3 is 2.75 bits per heavy atom. The Balaban J connectivity index is 2.09. The van der Waals surface area contributed by atoms with E-state index < -0.39 is 17.7 Å². The minimum Gasteiger partial charge on any atom is -0.337 e. The third-order valence-corrected chi connectivity index (χ3v) is 3.09. The topological polar surface area (TPSA) is 63.9 Å². The summed E-state index contributed by atoms with van der Waals surface area (Å²) in [6.07, 6.45) is 1.33. The second-order valence-electron chi connectivity index (χ2n) is 4.36. The number of hydrogen-bond donors (Lipinski definition) is 0. The lowest BCUT2D eigenvalue weighted by Crippen LogP contribution is -2.32. The van der Waals surface area contributed by atoms with Crippen molar-refractivity contribution >= 4 is 5.91 Å². The molecule has 1 heterocycles. The van der Waals surface area contributed by atoms with Gasteiger partial charge in [-0.05, 0) is 35.0 Å². The SMILES string of the molecule is C[C@@H](c1ccc(F)c(F)c1)N(C)C(=O)Cn1cnnn1. The summed E-state index contributed by atoms with van der Waals surface area (Å²) in [4.78, 5) is 13.4. The molecule has 0 aliphatic carbocycles. The molecule has 0 spiro atoms. The van der Waals surface area contributed by atoms with Crippen molar-refractivity contribution in [3.05, 3.63) is 41.7 Å². The largest absolute Gasteiger partial charge is 0.337 e. The number of benzene rings is 1. The first kappa shape index (κ1) is 14.0. The van der Waals surface area contributed by atoms with Crippen LogP contribution in [0.3, 0.4) is 0 Å². The van der Waals surface area contributed by atoms with Crippen molar-refractivity contribution in [3.8, 4) is 0 Å². The molecule has 1 atom stereocenters. The molecule has 0 saturated carbocycles. The van der Waals surface area contributed by atoms with Crippen LogP contribution < -0.4 is 0 Å². The van der Waals surface area contributed by atoms with Crippen LogP contribution in [0.1, 0.15) is 18.5 Å². The standard InChI is InChI=1S/C12H13F2N5O/c1-8(9-3-4-10(13)11(14)5-9)18(2)12(20)6-19-7-15-16-17-19/h3-5,7-8H,6H2,1-2H3/t8-/m0/s1. The number of amides is 1. The monoisotopic (exact) mass is 281 g/mol. The van der Waals surface area contributed by atoms with Crippen LogP contribution in [0.5, 0.6) is 0 Å². The molecule has 8 heteroatoms. The van der Waals surface area contributed by atoms with Crippen LogP contribution >= 0.6 is 0 Å². The number of likely N-dealkylation sites (N-methyl/N-ethyl adjacent to an activating group) is 1. The molecule has 6 nitrogen and oxygen atoms in total. The van der Waals surface area contributed by atoms with Crippen molar-refractivity contribution in [2.24, 2.45) is 0 Å². The van der Waals surface area contributed by atoms with E-state index in [9.17, 15) is 13.6 Å². The van der Waals surface area contributed by atoms with E-state index in [-0.39, 0.29) is 12.5 Å². The molecule has 2 aromatic rings. The molecule has 2 rings (SSSR count). The number of tetrazole rings is 1. The van der Waals surface area contributed by atoms with Gasteiger partial charge in [-0.25, -0.2) is 13.5 Å². The van der Waals surface area contributed by atoms with Crippen LogP contribution in [0.15, 0.2) is 24.5 Å². The fourth-order valence-electron chi connectivity index (χ4n) is 1.71. The zero-order valence-corrected chi connectivity index (χ0v) is 11.0. The third-order valence-electron chi connectivity index (χ3n) is 3.09. The highest BCUT2D eigenvalue weighted by atomic mass is 19.2. The minimum atomic E-state index is -0.935. The van der Waals surface area contributed by atoms with Crippen molar-refractivity contribution in [3.63, 3.8) is 0 Å². The maximum Gasteiger partial charge on any atom is 0.244 e. The van der Waals surface area contributed by atoms with Gasteiger partial charge in [0.05, 0.1) is 6.04 Å². The smallest absolute Gasteiger partial charge is 0.244 e. The van der Waals surface area contributed by atoms with E-state index in [4.69, 9.17) is 0 Å². The summed E-state index contributed by atoms with van der Waals surface area (Å²) in [5.41, 5.74) is 0.511. The van der Waals surface area contributed by atoms with Gasteiger partial charge in [-0.3, -0.25) is 4.79 Å². The van der Waals surface area contributed by atoms with Crippen molar-refractivity contribution in [2.75, 3.05) is 7.05 Å². The molecule has 0 saturated heterocycles. The van der Waals surface area contributed by atoms with Gasteiger partial charge in [0, 0.05) is 7.05 Å². The molecule has 20 heavy (non-hydrogen) atoms. The Morgan fingerprint density at radius 1 is 1.40 bits per heavy atom. The van der Waals surface area contributed by atoms with E-state index in [1.54, 1.807) is 14.0 Å². The van der Waals surface area contributed by atoms with Crippen LogP contribution in [-0.2, 0) is 11.3 Å². The number of carbonyl (C=O) groups is 1. The summed E-state index contributed by atoms with van der Waals surface area (Å²) in [5, 5.41) is 10.5. The van der Waals surface area contributed by atoms with E-state index in [1.165, 1.54) is 22.0 Å². The molecule has 0 fully saturated rings. The fraction of sp³-hybridized carbons (Fsp3) is 0.333. The molecule has 1 amide bonds. The van der Waals surface area contributed by atoms with E-state index in [0.29, 0.717) is 5.56 Å². The first-order valence-electron chi connectivity index (χ1n) is 5.90. The average Bonchev–Trinajstić information content (AvgIpc) is 2.93. The van der Waals surface area contributed by atoms with Gasteiger partial charge in [-0.1, -0.05) is 6.07 Å². The van der Waals surface area contributed by atoms with E-state index in [2.05, 4.69) is 15.5 Å². The summed E-state index contributed by atoms with van der Waals surface area (Å²) >= 11 is 0. The van der Waals surface area contributed by atoms with Crippen molar-refractivity contribution < 1.29 is 13.6 Å². The molecule has 0 aliphatic heterocycles. The van der Waals surface area contributed by atoms with Gasteiger partial charge in [0.15, 0.2) is 11.6 Å². The lowest BCUT2D eigenvalue weighted by atomic mass is 10.1. The molecule has 106 valence electrons. The van der Waals surface area contributed by atoms with Gasteiger partial charge >= 0.3 is 0 Å². The highest BCUT2D eigenvalue weighted by Crippen LogP contribution is 2.21. The molecule has 0 radical (unpaired) electrons. The van der Waals surface area contributed by atoms with E-state index >= 15 is 0 Å². The molecular weight excluding hydrogens is 268 g/mol. The summed E-state index contributed by atoms with van der Waals surface area (Å²) in [7, 11) is 1.58. The molecule has 0 N–H and O–H groups in total. The van der Waals surface area contributed by atoms with Crippen LogP contribution in [0.2, 0.25) is 0 Å². The van der Waals surface area contributed by atoms with Gasteiger partial charge in [-0.2, -0.15) is 0 Å². The fourth-order valence-corrected chi connectivity index (χ4v) is 1.71. The lowest BCUT2D eigenvalue weighted by molar-refractivity contribution is -0.132. The van der Waals surface area contributed by atoms with Crippen molar-refractivity contribution in [2.45, 2.75) is 19.5 Å². The zero-order chi connectivity index (χ0) is 14.7. The lowest BCUT2D eigenvalue weighted by Gasteiger charge is -2.25. The van der Waals surface area contributed by atoms with Gasteiger partial charge in [0.2, 0.25) is 5.91 Å². The molecular formula is C12H13F2N5O. The Bertz CT molecular complexity index is 602. The molecule has 1 aromatic heterocycles. The number of carbonyl (C=O) groups excluding carboxylic acids is 1. The number of nitrogens with zero attached hydrogens (tertiary/aromatic N) is 5. The first-order chi connectivity index (χ1) is 9.49. The van der Waals surface area contributed by atoms with Crippen LogP contribution in [0.4, 0.5) is 8.78 Å². The second-order valence-corrected chi connectivity index (χ2v) is 4.36. The van der Waals surface area contributed by atoms with Gasteiger partial charge in [0.1, 0.15) is 12.9 Å². The molecule has 0 unspecified atom stereocenters. The summed E-state index contributed by atoms with van der Waals surface area (Å²) in [5.74, 6) is -2.09. The molecule has 0 bridgehead atoms. The number of halogens is 2. The normalized spacial score (nSPS) is 12.2. The predicted molar refractivity (Wildman–Crippen MR) is 65.4 cm³/mol. The number of hydrogen-bond acceptors (Lipinski definition) is 4. The zero-order valence-electron chi connectivity index (χ0n) is 11.0. The van der Waals surface area contributed by atoms with Crippen molar-refractivity contribution in [1.82, 2.24) is 25.1 Å². The Morgan fingerprint density at radius 2 is 2.15 bits per heavy atom. The Labute approximate surface area is 114 Å². The van der Waals surface area contributed by atoms with Crippen molar-refractivity contribution in [1.29, 1.82) is 0 Å². The number of rotatable bonds is 4. The summed E-state index contributed by atoms with van der Waals surface area (Å²) in [6, 6.07) is 3.18. The van der Waals surface area contributed by atoms with Gasteiger partial charge in [-0.15, -0.1) is 5.10 Å². The second kappa shape index (κ2) is 5.72. The summed E-state index contributed by atoms with van der Waals surface area (Å²) in [6.45, 7) is 1.71. The quantitative estimate of drug-likeness (QED) is 0.844. The van der Waals surface area contributed by atoms with Gasteiger partial charge < -0.3 is 4.90 Å². The Kier molecular flexibility index (Phi) is 4.02. The first-order valence-corrected chi connectivity index (χ1v) is 5.90. The average molecular weight is 281 g/mol. The Hall–Kier alpha value is -2.38. The van der Waals surface area contributed by atoms with Crippen LogP contribution in [-0.4, -0.2) is 38.1 Å². The highest BCUT2D eigenvalue weighted by Gasteiger charge is 2.19. The van der Waals surface area contributed by atoms with Crippen LogP contribution in [0.25, 0.3) is 0 Å². The van der Waals surface area contributed by atoms with Gasteiger partial charge in [0.25, 0.3) is 0 Å². The third kappa shape index (κ3) is 2.95.